The van der Waals surface area contributed by atoms with Crippen LogP contribution in [-0.2, 0) is 0 Å². The number of rotatable bonds is 3. The molecule has 0 radical (unpaired) electrons. The molecule has 0 saturated heterocycles. The normalized spacial score (nSPS) is 10.7. The summed E-state index contributed by atoms with van der Waals surface area (Å²) in [5.41, 5.74) is 0.322. The molecule has 0 spiro atoms. The highest BCUT2D eigenvalue weighted by molar-refractivity contribution is 7.71. The van der Waals surface area contributed by atoms with Gasteiger partial charge in [0.2, 0.25) is 5.91 Å². The highest BCUT2D eigenvalue weighted by atomic mass is 32.1. The largest absolute Gasteiger partial charge is 0.331 e. The number of carbonyl (C=O) groups excluding carboxylic acids is 1. The molecule has 94 valence electrons. The summed E-state index contributed by atoms with van der Waals surface area (Å²) in [5.74, 6) is -0.242. The monoisotopic (exact) mass is 262 g/mol. The van der Waals surface area contributed by atoms with E-state index >= 15 is 0 Å². The molecule has 2 aromatic rings. The number of aromatic amines is 1. The number of fused-ring (bicyclic) bond motifs is 1. The highest BCUT2D eigenvalue weighted by Crippen LogP contribution is 2.07. The molecule has 0 unspecified atom stereocenters. The van der Waals surface area contributed by atoms with Crippen molar-refractivity contribution in [3.05, 3.63) is 39.4 Å². The molecule has 1 N–H and O–H groups in total. The van der Waals surface area contributed by atoms with Crippen LogP contribution in [0.3, 0.4) is 0 Å². The van der Waals surface area contributed by atoms with E-state index in [-0.39, 0.29) is 16.2 Å². The predicted octanol–water partition coefficient (Wildman–Crippen LogP) is 2.89. The van der Waals surface area contributed by atoms with Gasteiger partial charge in [-0.2, -0.15) is 0 Å². The Kier molecular flexibility index (Phi) is 3.72. The Bertz CT molecular complexity index is 700. The first-order chi connectivity index (χ1) is 8.65. The Morgan fingerprint density at radius 2 is 2.11 bits per heavy atom. The summed E-state index contributed by atoms with van der Waals surface area (Å²) < 4.78 is 1.23. The van der Waals surface area contributed by atoms with E-state index in [1.54, 1.807) is 18.2 Å². The molecular formula is C13H14N2O2S. The number of hydrogen-bond acceptors (Lipinski definition) is 3. The number of hydrogen-bond donors (Lipinski definition) is 1. The standard InChI is InChI=1S/C13H14N2O2S/c1-2-3-8-11(16)15-12(17)9-6-4-5-7-10(9)14-13(15)18/h4-7H,2-3,8H2,1H3,(H,14,18). The average molecular weight is 262 g/mol. The van der Waals surface area contributed by atoms with Gasteiger partial charge in [-0.3, -0.25) is 9.59 Å². The van der Waals surface area contributed by atoms with Gasteiger partial charge in [-0.15, -0.1) is 0 Å². The molecule has 0 bridgehead atoms. The highest BCUT2D eigenvalue weighted by Gasteiger charge is 2.11. The van der Waals surface area contributed by atoms with E-state index < -0.39 is 0 Å². The zero-order valence-electron chi connectivity index (χ0n) is 10.1. The van der Waals surface area contributed by atoms with Gasteiger partial charge in [-0.05, 0) is 30.8 Å². The van der Waals surface area contributed by atoms with Crippen LogP contribution in [0.4, 0.5) is 0 Å². The van der Waals surface area contributed by atoms with Crippen molar-refractivity contribution >= 4 is 29.0 Å². The van der Waals surface area contributed by atoms with Crippen LogP contribution in [0.1, 0.15) is 31.0 Å². The van der Waals surface area contributed by atoms with E-state index in [0.717, 1.165) is 17.4 Å². The van der Waals surface area contributed by atoms with Crippen molar-refractivity contribution in [1.29, 1.82) is 0 Å². The first-order valence-corrected chi connectivity index (χ1v) is 6.33. The maximum absolute atomic E-state index is 12.2. The number of H-pyrrole nitrogens is 1. The molecule has 0 aliphatic rings. The van der Waals surface area contributed by atoms with E-state index in [4.69, 9.17) is 12.2 Å². The molecule has 1 heterocycles. The number of carbonyl (C=O) groups is 1. The minimum absolute atomic E-state index is 0.166. The fourth-order valence-corrected chi connectivity index (χ4v) is 2.12. The van der Waals surface area contributed by atoms with Gasteiger partial charge < -0.3 is 4.98 Å². The number of para-hydroxylation sites is 1. The summed E-state index contributed by atoms with van der Waals surface area (Å²) in [4.78, 5) is 27.1. The number of unbranched alkanes of at least 4 members (excludes halogenated alkanes) is 1. The summed E-state index contributed by atoms with van der Waals surface area (Å²) in [6.45, 7) is 2.00. The van der Waals surface area contributed by atoms with Gasteiger partial charge in [-0.25, -0.2) is 4.57 Å². The quantitative estimate of drug-likeness (QED) is 0.865. The van der Waals surface area contributed by atoms with Gasteiger partial charge in [0.15, 0.2) is 4.77 Å². The maximum Gasteiger partial charge on any atom is 0.268 e. The van der Waals surface area contributed by atoms with Crippen LogP contribution in [0.15, 0.2) is 29.1 Å². The van der Waals surface area contributed by atoms with Gasteiger partial charge in [0.25, 0.3) is 5.56 Å². The molecule has 0 aliphatic heterocycles. The molecule has 0 amide bonds. The lowest BCUT2D eigenvalue weighted by molar-refractivity contribution is 0.0893. The van der Waals surface area contributed by atoms with E-state index in [1.807, 2.05) is 13.0 Å². The van der Waals surface area contributed by atoms with Crippen LogP contribution in [0, 0.1) is 4.77 Å². The smallest absolute Gasteiger partial charge is 0.268 e. The average Bonchev–Trinajstić information content (AvgIpc) is 2.36. The Morgan fingerprint density at radius 1 is 1.39 bits per heavy atom. The molecule has 0 aliphatic carbocycles. The van der Waals surface area contributed by atoms with Gasteiger partial charge >= 0.3 is 0 Å². The second kappa shape index (κ2) is 5.27. The minimum Gasteiger partial charge on any atom is -0.331 e. The van der Waals surface area contributed by atoms with Gasteiger partial charge in [0.05, 0.1) is 10.9 Å². The molecule has 2 rings (SSSR count). The first kappa shape index (κ1) is 12.7. The van der Waals surface area contributed by atoms with Crippen molar-refractivity contribution in [2.75, 3.05) is 0 Å². The Balaban J connectivity index is 2.61. The van der Waals surface area contributed by atoms with Crippen molar-refractivity contribution in [1.82, 2.24) is 9.55 Å². The van der Waals surface area contributed by atoms with Gasteiger partial charge in [-0.1, -0.05) is 25.5 Å². The predicted molar refractivity (Wildman–Crippen MR) is 73.5 cm³/mol. The van der Waals surface area contributed by atoms with Gasteiger partial charge in [0, 0.05) is 6.42 Å². The Labute approximate surface area is 109 Å². The molecule has 0 atom stereocenters. The number of benzene rings is 1. The molecular weight excluding hydrogens is 248 g/mol. The number of aromatic nitrogens is 2. The lowest BCUT2D eigenvalue weighted by Crippen LogP contribution is -2.28. The van der Waals surface area contributed by atoms with Crippen molar-refractivity contribution in [3.8, 4) is 0 Å². The zero-order valence-corrected chi connectivity index (χ0v) is 10.9. The maximum atomic E-state index is 12.2. The van der Waals surface area contributed by atoms with Crippen LogP contribution in [-0.4, -0.2) is 15.5 Å². The fraction of sp³-hybridized carbons (Fsp3) is 0.308. The van der Waals surface area contributed by atoms with E-state index in [2.05, 4.69) is 4.98 Å². The van der Waals surface area contributed by atoms with Crippen LogP contribution in [0.2, 0.25) is 0 Å². The summed E-state index contributed by atoms with van der Waals surface area (Å²) in [5, 5.41) is 0.482. The first-order valence-electron chi connectivity index (χ1n) is 5.92. The van der Waals surface area contributed by atoms with Crippen molar-refractivity contribution < 1.29 is 4.79 Å². The molecule has 0 saturated carbocycles. The summed E-state index contributed by atoms with van der Waals surface area (Å²) in [6, 6.07) is 7.04. The number of nitrogens with zero attached hydrogens (tertiary/aromatic N) is 1. The number of nitrogens with one attached hydrogen (secondary N) is 1. The van der Waals surface area contributed by atoms with Crippen LogP contribution < -0.4 is 5.56 Å². The third-order valence-electron chi connectivity index (χ3n) is 2.80. The molecule has 5 heteroatoms. The second-order valence-electron chi connectivity index (χ2n) is 4.11. The summed E-state index contributed by atoms with van der Waals surface area (Å²) in [7, 11) is 0. The molecule has 1 aromatic heterocycles. The fourth-order valence-electron chi connectivity index (χ4n) is 1.83. The lowest BCUT2D eigenvalue weighted by atomic mass is 10.2. The summed E-state index contributed by atoms with van der Waals surface area (Å²) >= 11 is 5.08. The third-order valence-corrected chi connectivity index (χ3v) is 3.08. The second-order valence-corrected chi connectivity index (χ2v) is 4.50. The Hall–Kier alpha value is -1.75. The molecule has 0 fully saturated rings. The van der Waals surface area contributed by atoms with Gasteiger partial charge in [0.1, 0.15) is 0 Å². The van der Waals surface area contributed by atoms with Crippen molar-refractivity contribution in [3.63, 3.8) is 0 Å². The van der Waals surface area contributed by atoms with Crippen LogP contribution >= 0.6 is 12.2 Å². The van der Waals surface area contributed by atoms with E-state index in [9.17, 15) is 9.59 Å². The lowest BCUT2D eigenvalue weighted by Gasteiger charge is -2.06. The van der Waals surface area contributed by atoms with E-state index in [1.165, 1.54) is 0 Å². The van der Waals surface area contributed by atoms with E-state index in [0.29, 0.717) is 17.3 Å². The SMILES string of the molecule is CCCCC(=O)n1c(=S)[nH]c2ccccc2c1=O. The molecule has 18 heavy (non-hydrogen) atoms. The third kappa shape index (κ3) is 2.26. The van der Waals surface area contributed by atoms with Crippen LogP contribution in [0.5, 0.6) is 0 Å². The zero-order chi connectivity index (χ0) is 13.1. The molecule has 1 aromatic carbocycles. The minimum atomic E-state index is -0.338. The summed E-state index contributed by atoms with van der Waals surface area (Å²) in [6.07, 6.45) is 2.00. The topological polar surface area (TPSA) is 54.9 Å². The van der Waals surface area contributed by atoms with Crippen molar-refractivity contribution in [2.24, 2.45) is 0 Å². The van der Waals surface area contributed by atoms with Crippen LogP contribution in [0.25, 0.3) is 10.9 Å². The van der Waals surface area contributed by atoms with Crippen molar-refractivity contribution in [2.45, 2.75) is 26.2 Å². The Morgan fingerprint density at radius 3 is 2.83 bits per heavy atom. The molecule has 4 nitrogen and oxygen atoms in total.